The van der Waals surface area contributed by atoms with E-state index < -0.39 is 6.10 Å². The highest BCUT2D eigenvalue weighted by molar-refractivity contribution is 5.96. The predicted molar refractivity (Wildman–Crippen MR) is 160 cm³/mol. The van der Waals surface area contributed by atoms with Crippen LogP contribution in [0.15, 0.2) is 66.7 Å². The third kappa shape index (κ3) is 9.22. The highest BCUT2D eigenvalue weighted by Gasteiger charge is 2.26. The number of carbonyl (C=O) groups is 2. The number of carbonyl (C=O) groups excluding carboxylic acids is 2. The molecule has 3 aromatic rings. The first kappa shape index (κ1) is 30.9. The monoisotopic (exact) mass is 576 g/mol. The molecule has 3 aromatic carbocycles. The molecule has 3 N–H and O–H groups in total. The van der Waals surface area contributed by atoms with Crippen LogP contribution in [0.5, 0.6) is 17.2 Å². The van der Waals surface area contributed by atoms with E-state index in [0.29, 0.717) is 61.8 Å². The zero-order valence-electron chi connectivity index (χ0n) is 24.5. The second-order valence-corrected chi connectivity index (χ2v) is 10.9. The van der Waals surface area contributed by atoms with Crippen LogP contribution < -0.4 is 24.8 Å². The number of aliphatic hydroxyl groups is 1. The van der Waals surface area contributed by atoms with Crippen molar-refractivity contribution in [2.24, 2.45) is 0 Å². The van der Waals surface area contributed by atoms with E-state index in [9.17, 15) is 14.7 Å². The molecule has 9 heteroatoms. The molecule has 224 valence electrons. The lowest BCUT2D eigenvalue weighted by Gasteiger charge is -2.29. The fourth-order valence-electron chi connectivity index (χ4n) is 4.67. The molecule has 0 saturated carbocycles. The number of esters is 1. The minimum Gasteiger partial charge on any atom is -0.494 e. The normalized spacial score (nSPS) is 13.4. The van der Waals surface area contributed by atoms with Gasteiger partial charge in [0.1, 0.15) is 23.9 Å². The largest absolute Gasteiger partial charge is 0.494 e. The Bertz CT molecular complexity index is 1330. The Balaban J connectivity index is 1.33. The Morgan fingerprint density at radius 3 is 2.55 bits per heavy atom. The Morgan fingerprint density at radius 1 is 1.05 bits per heavy atom. The molecular weight excluding hydrogens is 536 g/mol. The van der Waals surface area contributed by atoms with Gasteiger partial charge in [0.25, 0.3) is 5.91 Å². The van der Waals surface area contributed by atoms with Crippen molar-refractivity contribution in [2.45, 2.75) is 58.3 Å². The van der Waals surface area contributed by atoms with Gasteiger partial charge >= 0.3 is 5.97 Å². The molecule has 0 aliphatic carbocycles. The lowest BCUT2D eigenvalue weighted by molar-refractivity contribution is -0.143. The number of ether oxygens (including phenoxy) is 4. The van der Waals surface area contributed by atoms with Crippen LogP contribution in [-0.2, 0) is 27.4 Å². The van der Waals surface area contributed by atoms with E-state index in [1.165, 1.54) is 0 Å². The molecule has 0 spiro atoms. The maximum absolute atomic E-state index is 12.0. The second kappa shape index (κ2) is 14.7. The number of anilines is 1. The van der Waals surface area contributed by atoms with E-state index >= 15 is 0 Å². The number of benzene rings is 3. The minimum atomic E-state index is -0.904. The molecular formula is C33H40N2O7. The summed E-state index contributed by atoms with van der Waals surface area (Å²) in [6.07, 6.45) is 0.751. The Labute approximate surface area is 247 Å². The summed E-state index contributed by atoms with van der Waals surface area (Å²) in [5.41, 5.74) is 2.81. The van der Waals surface area contributed by atoms with Crippen LogP contribution in [0.3, 0.4) is 0 Å². The number of nitrogens with one attached hydrogen (secondary N) is 2. The number of fused-ring (bicyclic) bond motifs is 1. The number of hydrogen-bond donors (Lipinski definition) is 3. The van der Waals surface area contributed by atoms with Gasteiger partial charge in [-0.05, 0) is 62.9 Å². The second-order valence-electron chi connectivity index (χ2n) is 10.9. The van der Waals surface area contributed by atoms with Crippen molar-refractivity contribution in [3.8, 4) is 17.2 Å². The molecule has 1 heterocycles. The third-order valence-electron chi connectivity index (χ3n) is 6.76. The first-order chi connectivity index (χ1) is 20.2. The van der Waals surface area contributed by atoms with E-state index in [-0.39, 0.29) is 30.6 Å². The van der Waals surface area contributed by atoms with E-state index in [1.807, 2.05) is 54.6 Å². The van der Waals surface area contributed by atoms with Crippen molar-refractivity contribution in [3.63, 3.8) is 0 Å². The number of amides is 1. The van der Waals surface area contributed by atoms with Gasteiger partial charge in [0.15, 0.2) is 6.61 Å². The molecule has 42 heavy (non-hydrogen) atoms. The first-order valence-electron chi connectivity index (χ1n) is 14.3. The standard InChI is InChI=1S/C33H40N2O7/c1-4-39-31(38)11-8-16-40-25-14-12-23(13-15-25)19-33(2,3)34-20-29(36)27-17-26(41-21-24-9-6-5-7-10-24)18-28-32(27)42-22-30(37)35-28/h5-7,9-10,12-15,17-18,29,34,36H,4,8,11,16,19-22H2,1-3H3,(H,35,37). The average Bonchev–Trinajstić information content (AvgIpc) is 2.98. The minimum absolute atomic E-state index is 0.110. The summed E-state index contributed by atoms with van der Waals surface area (Å²) in [6, 6.07) is 21.1. The molecule has 1 amide bonds. The van der Waals surface area contributed by atoms with E-state index in [1.54, 1.807) is 19.1 Å². The maximum Gasteiger partial charge on any atom is 0.305 e. The van der Waals surface area contributed by atoms with E-state index in [2.05, 4.69) is 24.5 Å². The van der Waals surface area contributed by atoms with Crippen LogP contribution in [-0.4, -0.2) is 48.9 Å². The Hall–Kier alpha value is -4.08. The molecule has 0 bridgehead atoms. The van der Waals surface area contributed by atoms with Crippen molar-refractivity contribution in [3.05, 3.63) is 83.4 Å². The van der Waals surface area contributed by atoms with Crippen LogP contribution >= 0.6 is 0 Å². The highest BCUT2D eigenvalue weighted by atomic mass is 16.5. The highest BCUT2D eigenvalue weighted by Crippen LogP contribution is 2.39. The topological polar surface area (TPSA) is 115 Å². The van der Waals surface area contributed by atoms with Crippen LogP contribution in [0.25, 0.3) is 0 Å². The number of hydrogen-bond acceptors (Lipinski definition) is 8. The molecule has 0 saturated heterocycles. The Kier molecular flexibility index (Phi) is 10.8. The molecule has 0 fully saturated rings. The van der Waals surface area contributed by atoms with Gasteiger partial charge in [-0.1, -0.05) is 42.5 Å². The van der Waals surface area contributed by atoms with Gasteiger partial charge in [-0.15, -0.1) is 0 Å². The maximum atomic E-state index is 12.0. The van der Waals surface area contributed by atoms with Crippen molar-refractivity contribution >= 4 is 17.6 Å². The van der Waals surface area contributed by atoms with Gasteiger partial charge in [0, 0.05) is 30.1 Å². The third-order valence-corrected chi connectivity index (χ3v) is 6.76. The first-order valence-corrected chi connectivity index (χ1v) is 14.3. The SMILES string of the molecule is CCOC(=O)CCCOc1ccc(CC(C)(C)NCC(O)c2cc(OCc3ccccc3)cc3c2OCC(=O)N3)cc1. The number of β-amino-alcohol motifs (C(OH)–C–C–N with tert-alkyl or cyclic N) is 1. The van der Waals surface area contributed by atoms with Gasteiger partial charge in [0.2, 0.25) is 0 Å². The molecule has 9 nitrogen and oxygen atoms in total. The van der Waals surface area contributed by atoms with E-state index in [0.717, 1.165) is 16.9 Å². The molecule has 1 unspecified atom stereocenters. The van der Waals surface area contributed by atoms with Crippen molar-refractivity contribution in [1.82, 2.24) is 5.32 Å². The van der Waals surface area contributed by atoms with Gasteiger partial charge in [-0.25, -0.2) is 0 Å². The molecule has 1 atom stereocenters. The fourth-order valence-corrected chi connectivity index (χ4v) is 4.67. The lowest BCUT2D eigenvalue weighted by Crippen LogP contribution is -2.43. The zero-order valence-corrected chi connectivity index (χ0v) is 24.5. The summed E-state index contributed by atoms with van der Waals surface area (Å²) in [4.78, 5) is 23.4. The molecule has 0 aromatic heterocycles. The summed E-state index contributed by atoms with van der Waals surface area (Å²) >= 11 is 0. The van der Waals surface area contributed by atoms with Crippen molar-refractivity contribution in [2.75, 3.05) is 31.7 Å². The summed E-state index contributed by atoms with van der Waals surface area (Å²) in [7, 11) is 0. The molecule has 1 aliphatic heterocycles. The molecule has 1 aliphatic rings. The summed E-state index contributed by atoms with van der Waals surface area (Å²) in [5.74, 6) is 1.26. The van der Waals surface area contributed by atoms with Crippen LogP contribution in [0, 0.1) is 0 Å². The van der Waals surface area contributed by atoms with Crippen molar-refractivity contribution < 1.29 is 33.6 Å². The fraction of sp³-hybridized carbons (Fsp3) is 0.394. The summed E-state index contributed by atoms with van der Waals surface area (Å²) in [6.45, 7) is 7.28. The quantitative estimate of drug-likeness (QED) is 0.172. The lowest BCUT2D eigenvalue weighted by atomic mass is 9.94. The van der Waals surface area contributed by atoms with Gasteiger partial charge < -0.3 is 34.7 Å². The smallest absolute Gasteiger partial charge is 0.305 e. The molecule has 4 rings (SSSR count). The average molecular weight is 577 g/mol. The number of aliphatic hydroxyl groups excluding tert-OH is 1. The number of rotatable bonds is 15. The van der Waals surface area contributed by atoms with Crippen LogP contribution in [0.2, 0.25) is 0 Å². The van der Waals surface area contributed by atoms with Gasteiger partial charge in [-0.2, -0.15) is 0 Å². The molecule has 0 radical (unpaired) electrons. The predicted octanol–water partition coefficient (Wildman–Crippen LogP) is 4.96. The summed E-state index contributed by atoms with van der Waals surface area (Å²) < 4.78 is 22.4. The summed E-state index contributed by atoms with van der Waals surface area (Å²) in [5, 5.41) is 17.5. The Morgan fingerprint density at radius 2 is 1.81 bits per heavy atom. The van der Waals surface area contributed by atoms with Crippen LogP contribution in [0.4, 0.5) is 5.69 Å². The zero-order chi connectivity index (χ0) is 30.0. The van der Waals surface area contributed by atoms with Gasteiger partial charge in [-0.3, -0.25) is 9.59 Å². The van der Waals surface area contributed by atoms with E-state index in [4.69, 9.17) is 18.9 Å². The van der Waals surface area contributed by atoms with Gasteiger partial charge in [0.05, 0.1) is 25.0 Å². The van der Waals surface area contributed by atoms with Crippen molar-refractivity contribution in [1.29, 1.82) is 0 Å². The van der Waals surface area contributed by atoms with Crippen LogP contribution in [0.1, 0.15) is 56.4 Å².